The average Bonchev–Trinajstić information content (AvgIpc) is 2.76. The topological polar surface area (TPSA) is 122 Å². The standard InChI is InChI=1S/C24H42N4O6/c1-19(29)5-7-21(23(31)32)27-11-3-9-26-14-13-25(15-17-27)10-4-12-28(18-16-26)22(24(33)34)8-6-20(2)30/h21-22H,3-18H2,1-2H3,(H,31,32)(H,33,34). The molecule has 0 aliphatic carbocycles. The molecule has 10 heteroatoms. The van der Waals surface area contributed by atoms with Crippen molar-refractivity contribution < 1.29 is 29.4 Å². The molecule has 2 aliphatic heterocycles. The summed E-state index contributed by atoms with van der Waals surface area (Å²) in [4.78, 5) is 55.5. The van der Waals surface area contributed by atoms with E-state index in [1.807, 2.05) is 9.80 Å². The quantitative estimate of drug-likeness (QED) is 0.459. The van der Waals surface area contributed by atoms with Crippen LogP contribution in [0.1, 0.15) is 52.4 Å². The number of fused-ring (bicyclic) bond motifs is 3. The Labute approximate surface area is 202 Å². The Morgan fingerprint density at radius 1 is 0.588 bits per heavy atom. The van der Waals surface area contributed by atoms with Crippen molar-refractivity contribution in [2.75, 3.05) is 65.4 Å². The van der Waals surface area contributed by atoms with Crippen LogP contribution in [0.4, 0.5) is 0 Å². The summed E-state index contributed by atoms with van der Waals surface area (Å²) in [6.07, 6.45) is 2.84. The van der Waals surface area contributed by atoms with Gasteiger partial charge in [-0.05, 0) is 52.6 Å². The Bertz CT molecular complexity index is 645. The fourth-order valence-electron chi connectivity index (χ4n) is 4.94. The minimum Gasteiger partial charge on any atom is -0.480 e. The molecule has 2 aliphatic rings. The van der Waals surface area contributed by atoms with Crippen molar-refractivity contribution in [3.05, 3.63) is 0 Å². The summed E-state index contributed by atoms with van der Waals surface area (Å²) in [5.41, 5.74) is 0. The normalized spacial score (nSPS) is 25.2. The summed E-state index contributed by atoms with van der Waals surface area (Å²) in [6, 6.07) is -1.31. The van der Waals surface area contributed by atoms with E-state index in [2.05, 4.69) is 9.80 Å². The number of Topliss-reactive ketones (excluding diaryl/α,β-unsaturated/α-hetero) is 2. The molecule has 0 radical (unpaired) electrons. The summed E-state index contributed by atoms with van der Waals surface area (Å²) < 4.78 is 0. The number of aliphatic carboxylic acids is 2. The predicted octanol–water partition coefficient (Wildman–Crippen LogP) is 0.647. The lowest BCUT2D eigenvalue weighted by Gasteiger charge is -2.38. The van der Waals surface area contributed by atoms with E-state index < -0.39 is 24.0 Å². The van der Waals surface area contributed by atoms with Crippen LogP contribution < -0.4 is 0 Å². The highest BCUT2D eigenvalue weighted by molar-refractivity contribution is 5.78. The largest absolute Gasteiger partial charge is 0.480 e. The second kappa shape index (κ2) is 14.5. The smallest absolute Gasteiger partial charge is 0.320 e. The number of carbonyl (C=O) groups excluding carboxylic acids is 2. The zero-order valence-electron chi connectivity index (χ0n) is 20.8. The summed E-state index contributed by atoms with van der Waals surface area (Å²) in [6.45, 7) is 10.5. The Balaban J connectivity index is 2.08. The second-order valence-electron chi connectivity index (χ2n) is 9.65. The third-order valence-corrected chi connectivity index (χ3v) is 6.97. The van der Waals surface area contributed by atoms with Gasteiger partial charge in [-0.25, -0.2) is 0 Å². The van der Waals surface area contributed by atoms with E-state index in [1.54, 1.807) is 0 Å². The maximum Gasteiger partial charge on any atom is 0.320 e. The number of nitrogens with zero attached hydrogens (tertiary/aromatic N) is 4. The number of hydrogen-bond donors (Lipinski definition) is 2. The molecule has 10 nitrogen and oxygen atoms in total. The van der Waals surface area contributed by atoms with Gasteiger partial charge in [0.25, 0.3) is 0 Å². The van der Waals surface area contributed by atoms with Crippen molar-refractivity contribution in [2.24, 2.45) is 0 Å². The third kappa shape index (κ3) is 9.77. The van der Waals surface area contributed by atoms with Crippen molar-refractivity contribution in [3.63, 3.8) is 0 Å². The molecule has 4 atom stereocenters. The highest BCUT2D eigenvalue weighted by atomic mass is 16.4. The van der Waals surface area contributed by atoms with Gasteiger partial charge in [-0.15, -0.1) is 0 Å². The van der Waals surface area contributed by atoms with E-state index in [0.717, 1.165) is 52.1 Å². The van der Waals surface area contributed by atoms with Crippen LogP contribution in [0.3, 0.4) is 0 Å². The average molecular weight is 483 g/mol. The number of carboxylic acids is 2. The summed E-state index contributed by atoms with van der Waals surface area (Å²) in [5.74, 6) is -1.72. The van der Waals surface area contributed by atoms with Crippen molar-refractivity contribution in [3.8, 4) is 0 Å². The van der Waals surface area contributed by atoms with Gasteiger partial charge in [0.2, 0.25) is 0 Å². The van der Waals surface area contributed by atoms with Crippen LogP contribution in [0.2, 0.25) is 0 Å². The molecule has 194 valence electrons. The Kier molecular flexibility index (Phi) is 12.1. The zero-order chi connectivity index (χ0) is 25.1. The number of hydrogen-bond acceptors (Lipinski definition) is 8. The Morgan fingerprint density at radius 2 is 0.941 bits per heavy atom. The minimum atomic E-state index is -0.872. The van der Waals surface area contributed by atoms with Crippen molar-refractivity contribution >= 4 is 23.5 Å². The molecule has 0 amide bonds. The van der Waals surface area contributed by atoms with Gasteiger partial charge in [0.1, 0.15) is 23.7 Å². The molecule has 2 bridgehead atoms. The first-order valence-electron chi connectivity index (χ1n) is 12.5. The van der Waals surface area contributed by atoms with Crippen LogP contribution in [-0.4, -0.2) is 131 Å². The minimum absolute atomic E-state index is 0.00906. The first kappa shape index (κ1) is 28.4. The monoisotopic (exact) mass is 482 g/mol. The lowest BCUT2D eigenvalue weighted by Crippen LogP contribution is -2.51. The van der Waals surface area contributed by atoms with Crippen molar-refractivity contribution in [2.45, 2.75) is 64.5 Å². The Morgan fingerprint density at radius 3 is 1.26 bits per heavy atom. The molecular weight excluding hydrogens is 440 g/mol. The van der Waals surface area contributed by atoms with Crippen LogP contribution in [0, 0.1) is 0 Å². The van der Waals surface area contributed by atoms with E-state index in [4.69, 9.17) is 0 Å². The maximum atomic E-state index is 11.9. The SMILES string of the molecule is CC(=O)CCC(C(=O)O)N1CCCN2CCN(CCCN(C(CCC(C)=O)C(=O)O)CC2)CC1. The molecule has 2 rings (SSSR count). The third-order valence-electron chi connectivity index (χ3n) is 6.97. The number of carboxylic acid groups (broad SMARTS) is 2. The molecule has 0 aromatic carbocycles. The zero-order valence-corrected chi connectivity index (χ0v) is 20.8. The van der Waals surface area contributed by atoms with Gasteiger partial charge in [0.15, 0.2) is 0 Å². The van der Waals surface area contributed by atoms with Gasteiger partial charge in [-0.3, -0.25) is 19.4 Å². The van der Waals surface area contributed by atoms with E-state index in [-0.39, 0.29) is 24.4 Å². The summed E-state index contributed by atoms with van der Waals surface area (Å²) in [5, 5.41) is 19.6. The lowest BCUT2D eigenvalue weighted by atomic mass is 10.1. The van der Waals surface area contributed by atoms with Gasteiger partial charge < -0.3 is 29.6 Å². The first-order chi connectivity index (χ1) is 16.2. The highest BCUT2D eigenvalue weighted by Gasteiger charge is 2.29. The first-order valence-corrected chi connectivity index (χ1v) is 12.5. The van der Waals surface area contributed by atoms with Gasteiger partial charge >= 0.3 is 11.9 Å². The van der Waals surface area contributed by atoms with Crippen LogP contribution >= 0.6 is 0 Å². The van der Waals surface area contributed by atoms with E-state index in [0.29, 0.717) is 39.0 Å². The summed E-state index contributed by atoms with van der Waals surface area (Å²) in [7, 11) is 0. The van der Waals surface area contributed by atoms with Gasteiger partial charge in [0, 0.05) is 65.2 Å². The van der Waals surface area contributed by atoms with Crippen molar-refractivity contribution in [1.82, 2.24) is 19.6 Å². The molecule has 2 heterocycles. The molecule has 0 aromatic rings. The Hall–Kier alpha value is -1.88. The lowest BCUT2D eigenvalue weighted by molar-refractivity contribution is -0.145. The molecular formula is C24H42N4O6. The van der Waals surface area contributed by atoms with Gasteiger partial charge in [-0.1, -0.05) is 0 Å². The number of rotatable bonds is 10. The molecule has 2 N–H and O–H groups in total. The van der Waals surface area contributed by atoms with E-state index >= 15 is 0 Å². The van der Waals surface area contributed by atoms with Crippen LogP contribution in [0.25, 0.3) is 0 Å². The van der Waals surface area contributed by atoms with Gasteiger partial charge in [-0.2, -0.15) is 0 Å². The van der Waals surface area contributed by atoms with Crippen LogP contribution in [0.5, 0.6) is 0 Å². The molecule has 2 saturated heterocycles. The second-order valence-corrected chi connectivity index (χ2v) is 9.65. The molecule has 0 aromatic heterocycles. The molecule has 0 spiro atoms. The van der Waals surface area contributed by atoms with Crippen LogP contribution in [0.15, 0.2) is 0 Å². The van der Waals surface area contributed by atoms with Crippen LogP contribution in [-0.2, 0) is 19.2 Å². The molecule has 4 unspecified atom stereocenters. The highest BCUT2D eigenvalue weighted by Crippen LogP contribution is 2.15. The molecule has 0 saturated carbocycles. The van der Waals surface area contributed by atoms with Gasteiger partial charge in [0.05, 0.1) is 0 Å². The van der Waals surface area contributed by atoms with Crippen molar-refractivity contribution in [1.29, 1.82) is 0 Å². The predicted molar refractivity (Wildman–Crippen MR) is 128 cm³/mol. The fraction of sp³-hybridized carbons (Fsp3) is 0.833. The molecule has 2 fully saturated rings. The van der Waals surface area contributed by atoms with E-state index in [9.17, 15) is 29.4 Å². The fourth-order valence-corrected chi connectivity index (χ4v) is 4.94. The number of carbonyl (C=O) groups is 4. The molecule has 34 heavy (non-hydrogen) atoms. The maximum absolute atomic E-state index is 11.9. The number of ketones is 2. The summed E-state index contributed by atoms with van der Waals surface area (Å²) >= 11 is 0. The van der Waals surface area contributed by atoms with E-state index in [1.165, 1.54) is 13.8 Å².